The van der Waals surface area contributed by atoms with Gasteiger partial charge in [0.05, 0.1) is 0 Å². The van der Waals surface area contributed by atoms with Gasteiger partial charge in [0.15, 0.2) is 0 Å². The summed E-state index contributed by atoms with van der Waals surface area (Å²) in [5, 5.41) is 0. The third-order valence-electron chi connectivity index (χ3n) is 3.76. The highest BCUT2D eigenvalue weighted by molar-refractivity contribution is 5.80. The molecule has 2 bridgehead atoms. The topological polar surface area (TPSA) is 17.1 Å². The van der Waals surface area contributed by atoms with E-state index in [0.717, 1.165) is 0 Å². The number of rotatable bonds is 2. The molecule has 1 saturated carbocycles. The zero-order chi connectivity index (χ0) is 9.59. The first-order valence-corrected chi connectivity index (χ1v) is 5.30. The summed E-state index contributed by atoms with van der Waals surface area (Å²) in [7, 11) is 0. The second-order valence-corrected chi connectivity index (χ2v) is 4.91. The molecular weight excluding hydrogens is 160 g/mol. The van der Waals surface area contributed by atoms with Gasteiger partial charge in [0.1, 0.15) is 5.78 Å². The maximum absolute atomic E-state index is 11.5. The number of allylic oxidation sites excluding steroid dienone is 2. The number of Topliss-reactive ketones (excluding diaryl/α,β-unsaturated/α-hetero) is 1. The SMILES string of the molecule is CC(=O)[C@H]1[C@H](C(C)C)[C@H]2C=C[C@@H]1C2. The van der Waals surface area contributed by atoms with Crippen molar-refractivity contribution >= 4 is 5.78 Å². The monoisotopic (exact) mass is 178 g/mol. The minimum absolute atomic E-state index is 0.329. The Balaban J connectivity index is 2.25. The molecule has 0 aromatic carbocycles. The van der Waals surface area contributed by atoms with Gasteiger partial charge in [-0.25, -0.2) is 0 Å². The molecular formula is C12H18O. The Morgan fingerprint density at radius 1 is 1.31 bits per heavy atom. The van der Waals surface area contributed by atoms with Crippen molar-refractivity contribution in [3.05, 3.63) is 12.2 Å². The van der Waals surface area contributed by atoms with Gasteiger partial charge in [-0.1, -0.05) is 26.0 Å². The van der Waals surface area contributed by atoms with E-state index >= 15 is 0 Å². The fourth-order valence-electron chi connectivity index (χ4n) is 3.34. The van der Waals surface area contributed by atoms with Crippen LogP contribution < -0.4 is 0 Å². The molecule has 0 unspecified atom stereocenters. The third kappa shape index (κ3) is 1.25. The zero-order valence-electron chi connectivity index (χ0n) is 8.66. The first kappa shape index (κ1) is 8.98. The number of fused-ring (bicyclic) bond motifs is 2. The van der Waals surface area contributed by atoms with E-state index in [1.54, 1.807) is 6.92 Å². The van der Waals surface area contributed by atoms with Crippen LogP contribution in [0.5, 0.6) is 0 Å². The first-order valence-electron chi connectivity index (χ1n) is 5.30. The summed E-state index contributed by atoms with van der Waals surface area (Å²) in [5.74, 6) is 3.25. The molecule has 0 aromatic rings. The molecule has 2 rings (SSSR count). The van der Waals surface area contributed by atoms with Crippen LogP contribution in [0.4, 0.5) is 0 Å². The van der Waals surface area contributed by atoms with Crippen LogP contribution in [0.1, 0.15) is 27.2 Å². The van der Waals surface area contributed by atoms with E-state index in [-0.39, 0.29) is 0 Å². The van der Waals surface area contributed by atoms with Gasteiger partial charge in [-0.05, 0) is 37.0 Å². The Labute approximate surface area is 80.2 Å². The summed E-state index contributed by atoms with van der Waals surface area (Å²) in [5.41, 5.74) is 0. The van der Waals surface area contributed by atoms with E-state index in [0.29, 0.717) is 35.4 Å². The van der Waals surface area contributed by atoms with Crippen molar-refractivity contribution in [2.24, 2.45) is 29.6 Å². The van der Waals surface area contributed by atoms with Gasteiger partial charge in [-0.3, -0.25) is 4.79 Å². The van der Waals surface area contributed by atoms with Crippen molar-refractivity contribution in [2.75, 3.05) is 0 Å². The van der Waals surface area contributed by atoms with Gasteiger partial charge in [-0.15, -0.1) is 0 Å². The van der Waals surface area contributed by atoms with Gasteiger partial charge >= 0.3 is 0 Å². The summed E-state index contributed by atoms with van der Waals surface area (Å²) in [6, 6.07) is 0. The Bertz CT molecular complexity index is 252. The summed E-state index contributed by atoms with van der Waals surface area (Å²) < 4.78 is 0. The smallest absolute Gasteiger partial charge is 0.133 e. The molecule has 1 fully saturated rings. The second-order valence-electron chi connectivity index (χ2n) is 4.91. The highest BCUT2D eigenvalue weighted by Gasteiger charge is 2.47. The van der Waals surface area contributed by atoms with Crippen LogP contribution in [0.25, 0.3) is 0 Å². The number of hydrogen-bond acceptors (Lipinski definition) is 1. The number of ketones is 1. The molecule has 0 aliphatic heterocycles. The minimum atomic E-state index is 0.329. The van der Waals surface area contributed by atoms with Crippen LogP contribution in [-0.4, -0.2) is 5.78 Å². The Morgan fingerprint density at radius 2 is 1.92 bits per heavy atom. The average molecular weight is 178 g/mol. The van der Waals surface area contributed by atoms with Gasteiger partial charge < -0.3 is 0 Å². The summed E-state index contributed by atoms with van der Waals surface area (Å²) in [6.45, 7) is 6.25. The van der Waals surface area contributed by atoms with Crippen LogP contribution in [0.2, 0.25) is 0 Å². The predicted octanol–water partition coefficient (Wildman–Crippen LogP) is 2.67. The van der Waals surface area contributed by atoms with Gasteiger partial charge in [0.2, 0.25) is 0 Å². The summed E-state index contributed by atoms with van der Waals surface area (Å²) >= 11 is 0. The largest absolute Gasteiger partial charge is 0.300 e. The van der Waals surface area contributed by atoms with E-state index in [4.69, 9.17) is 0 Å². The molecule has 13 heavy (non-hydrogen) atoms. The van der Waals surface area contributed by atoms with Crippen LogP contribution in [0.15, 0.2) is 12.2 Å². The van der Waals surface area contributed by atoms with E-state index in [2.05, 4.69) is 26.0 Å². The van der Waals surface area contributed by atoms with Crippen molar-refractivity contribution in [2.45, 2.75) is 27.2 Å². The lowest BCUT2D eigenvalue weighted by molar-refractivity contribution is -0.123. The van der Waals surface area contributed by atoms with Crippen molar-refractivity contribution in [3.63, 3.8) is 0 Å². The molecule has 4 atom stereocenters. The molecule has 0 amide bonds. The molecule has 0 aromatic heterocycles. The Kier molecular flexibility index (Phi) is 2.05. The molecule has 0 spiro atoms. The predicted molar refractivity (Wildman–Crippen MR) is 53.2 cm³/mol. The van der Waals surface area contributed by atoms with Crippen molar-refractivity contribution in [1.29, 1.82) is 0 Å². The summed E-state index contributed by atoms with van der Waals surface area (Å²) in [4.78, 5) is 11.5. The first-order chi connectivity index (χ1) is 6.11. The number of hydrogen-bond donors (Lipinski definition) is 0. The fourth-order valence-corrected chi connectivity index (χ4v) is 3.34. The molecule has 1 heteroatoms. The lowest BCUT2D eigenvalue weighted by Gasteiger charge is -2.29. The molecule has 2 aliphatic rings. The maximum atomic E-state index is 11.5. The van der Waals surface area contributed by atoms with Gasteiger partial charge in [-0.2, -0.15) is 0 Å². The van der Waals surface area contributed by atoms with Crippen LogP contribution in [-0.2, 0) is 4.79 Å². The molecule has 0 radical (unpaired) electrons. The van der Waals surface area contributed by atoms with E-state index < -0.39 is 0 Å². The van der Waals surface area contributed by atoms with E-state index in [9.17, 15) is 4.79 Å². The normalized spacial score (nSPS) is 41.8. The molecule has 1 nitrogen and oxygen atoms in total. The molecule has 0 saturated heterocycles. The Hall–Kier alpha value is -0.590. The summed E-state index contributed by atoms with van der Waals surface area (Å²) in [6.07, 6.45) is 5.82. The van der Waals surface area contributed by atoms with Crippen molar-refractivity contribution < 1.29 is 4.79 Å². The van der Waals surface area contributed by atoms with Crippen molar-refractivity contribution in [3.8, 4) is 0 Å². The van der Waals surface area contributed by atoms with E-state index in [1.807, 2.05) is 0 Å². The molecule has 0 N–H and O–H groups in total. The zero-order valence-corrected chi connectivity index (χ0v) is 8.66. The van der Waals surface area contributed by atoms with Crippen LogP contribution in [0.3, 0.4) is 0 Å². The lowest BCUT2D eigenvalue weighted by Crippen LogP contribution is -2.29. The highest BCUT2D eigenvalue weighted by atomic mass is 16.1. The molecule has 72 valence electrons. The van der Waals surface area contributed by atoms with E-state index in [1.165, 1.54) is 6.42 Å². The average Bonchev–Trinajstić information content (AvgIpc) is 2.60. The quantitative estimate of drug-likeness (QED) is 0.594. The van der Waals surface area contributed by atoms with Gasteiger partial charge in [0, 0.05) is 5.92 Å². The highest BCUT2D eigenvalue weighted by Crippen LogP contribution is 2.51. The van der Waals surface area contributed by atoms with Crippen molar-refractivity contribution in [1.82, 2.24) is 0 Å². The lowest BCUT2D eigenvalue weighted by atomic mass is 9.75. The Morgan fingerprint density at radius 3 is 2.38 bits per heavy atom. The second kappa shape index (κ2) is 2.97. The third-order valence-corrected chi connectivity index (χ3v) is 3.76. The van der Waals surface area contributed by atoms with Gasteiger partial charge in [0.25, 0.3) is 0 Å². The standard InChI is InChI=1S/C12H18O/c1-7(2)11-9-4-5-10(6-9)12(11)8(3)13/h4-5,7,9-12H,6H2,1-3H3/t9-,10+,11+,12+/m0/s1. The fraction of sp³-hybridized carbons (Fsp3) is 0.750. The molecule has 2 aliphatic carbocycles. The van der Waals surface area contributed by atoms with Crippen LogP contribution >= 0.6 is 0 Å². The molecule has 0 heterocycles. The maximum Gasteiger partial charge on any atom is 0.133 e. The minimum Gasteiger partial charge on any atom is -0.300 e. The van der Waals surface area contributed by atoms with Crippen LogP contribution in [0, 0.1) is 29.6 Å². The number of carbonyl (C=O) groups excluding carboxylic acids is 1. The number of carbonyl (C=O) groups is 1.